The Balaban J connectivity index is 2.25. The van der Waals surface area contributed by atoms with Crippen LogP contribution in [0.25, 0.3) is 0 Å². The average Bonchev–Trinajstić information content (AvgIpc) is 3.14. The largest absolute Gasteiger partial charge is 0.478 e. The number of methoxy groups -OCH3 is 1. The Kier molecular flexibility index (Phi) is 3.53. The minimum Gasteiger partial charge on any atom is -0.478 e. The number of carboxylic acids is 1. The van der Waals surface area contributed by atoms with Crippen LogP contribution in [-0.4, -0.2) is 47.6 Å². The Morgan fingerprint density at radius 1 is 1.65 bits per heavy atom. The molecule has 1 aromatic rings. The summed E-state index contributed by atoms with van der Waals surface area (Å²) in [5, 5.41) is 16.8. The molecule has 0 saturated heterocycles. The number of hydrogen-bond acceptors (Lipinski definition) is 5. The Bertz CT molecular complexity index is 407. The highest BCUT2D eigenvalue weighted by Gasteiger charge is 2.32. The van der Waals surface area contributed by atoms with E-state index in [4.69, 9.17) is 9.84 Å². The highest BCUT2D eigenvalue weighted by molar-refractivity contribution is 5.93. The number of nitrogens with zero attached hydrogens (tertiary/aromatic N) is 3. The lowest BCUT2D eigenvalue weighted by Crippen LogP contribution is -2.32. The molecule has 0 spiro atoms. The molecule has 1 saturated carbocycles. The molecule has 0 radical (unpaired) electrons. The van der Waals surface area contributed by atoms with Crippen molar-refractivity contribution in [3.05, 3.63) is 17.8 Å². The van der Waals surface area contributed by atoms with Gasteiger partial charge in [0.05, 0.1) is 12.8 Å². The fourth-order valence-corrected chi connectivity index (χ4v) is 1.74. The van der Waals surface area contributed by atoms with Crippen LogP contribution in [0.5, 0.6) is 0 Å². The lowest BCUT2D eigenvalue weighted by Gasteiger charge is -2.23. The van der Waals surface area contributed by atoms with Crippen LogP contribution in [0.2, 0.25) is 0 Å². The topological polar surface area (TPSA) is 75.5 Å². The summed E-state index contributed by atoms with van der Waals surface area (Å²) in [5.41, 5.74) is 0.197. The molecule has 6 nitrogen and oxygen atoms in total. The third-order valence-corrected chi connectivity index (χ3v) is 2.73. The second-order valence-corrected chi connectivity index (χ2v) is 3.99. The molecule has 1 aromatic heterocycles. The van der Waals surface area contributed by atoms with Crippen molar-refractivity contribution in [1.82, 2.24) is 10.2 Å². The van der Waals surface area contributed by atoms with Crippen molar-refractivity contribution in [2.75, 3.05) is 25.2 Å². The first-order chi connectivity index (χ1) is 8.24. The average molecular weight is 237 g/mol. The van der Waals surface area contributed by atoms with Crippen molar-refractivity contribution in [3.8, 4) is 0 Å². The molecule has 1 aliphatic carbocycles. The van der Waals surface area contributed by atoms with Gasteiger partial charge in [0.25, 0.3) is 0 Å². The van der Waals surface area contributed by atoms with Crippen molar-refractivity contribution >= 4 is 11.8 Å². The summed E-state index contributed by atoms with van der Waals surface area (Å²) < 4.78 is 5.03. The van der Waals surface area contributed by atoms with Crippen LogP contribution >= 0.6 is 0 Å². The maximum absolute atomic E-state index is 11.1. The van der Waals surface area contributed by atoms with Crippen LogP contribution in [0.3, 0.4) is 0 Å². The number of rotatable bonds is 6. The van der Waals surface area contributed by atoms with Crippen LogP contribution in [0.1, 0.15) is 23.2 Å². The summed E-state index contributed by atoms with van der Waals surface area (Å²) in [4.78, 5) is 13.1. The number of carbonyl (C=O) groups is 1. The standard InChI is InChI=1S/C11H15N3O3/c1-17-7-6-14(8-2-3-8)10-9(11(15)16)4-5-12-13-10/h4-5,8H,2-3,6-7H2,1H3,(H,15,16). The van der Waals surface area contributed by atoms with Gasteiger partial charge < -0.3 is 14.7 Å². The Labute approximate surface area is 99.2 Å². The van der Waals surface area contributed by atoms with Crippen LogP contribution < -0.4 is 4.90 Å². The van der Waals surface area contributed by atoms with Gasteiger partial charge in [-0.1, -0.05) is 0 Å². The van der Waals surface area contributed by atoms with Gasteiger partial charge >= 0.3 is 5.97 Å². The van der Waals surface area contributed by atoms with Gasteiger partial charge in [-0.2, -0.15) is 5.10 Å². The van der Waals surface area contributed by atoms with Crippen molar-refractivity contribution in [2.24, 2.45) is 0 Å². The highest BCUT2D eigenvalue weighted by Crippen LogP contribution is 2.31. The lowest BCUT2D eigenvalue weighted by molar-refractivity contribution is 0.0696. The predicted octanol–water partition coefficient (Wildman–Crippen LogP) is 0.790. The predicted molar refractivity (Wildman–Crippen MR) is 61.2 cm³/mol. The van der Waals surface area contributed by atoms with Crippen LogP contribution in [0.4, 0.5) is 5.82 Å². The molecule has 0 aromatic carbocycles. The molecular weight excluding hydrogens is 222 g/mol. The third kappa shape index (κ3) is 2.71. The number of aromatic carboxylic acids is 1. The Morgan fingerprint density at radius 2 is 2.41 bits per heavy atom. The van der Waals surface area contributed by atoms with Crippen molar-refractivity contribution in [2.45, 2.75) is 18.9 Å². The molecule has 0 unspecified atom stereocenters. The first kappa shape index (κ1) is 11.8. The smallest absolute Gasteiger partial charge is 0.339 e. The summed E-state index contributed by atoms with van der Waals surface area (Å²) in [5.74, 6) is -0.530. The Hall–Kier alpha value is -1.69. The normalized spacial score (nSPS) is 14.6. The zero-order chi connectivity index (χ0) is 12.3. The fraction of sp³-hybridized carbons (Fsp3) is 0.545. The molecule has 0 aliphatic heterocycles. The minimum absolute atomic E-state index is 0.197. The van der Waals surface area contributed by atoms with Crippen LogP contribution in [-0.2, 0) is 4.74 Å². The molecule has 1 N–H and O–H groups in total. The second kappa shape index (κ2) is 5.09. The summed E-state index contributed by atoms with van der Waals surface area (Å²) >= 11 is 0. The molecule has 0 atom stereocenters. The van der Waals surface area contributed by atoms with Crippen LogP contribution in [0, 0.1) is 0 Å². The van der Waals surface area contributed by atoms with E-state index in [1.54, 1.807) is 7.11 Å². The van der Waals surface area contributed by atoms with Gasteiger partial charge in [0.1, 0.15) is 5.56 Å². The summed E-state index contributed by atoms with van der Waals surface area (Å²) in [6, 6.07) is 1.85. The van der Waals surface area contributed by atoms with Gasteiger partial charge in [-0.05, 0) is 18.9 Å². The number of carboxylic acid groups (broad SMARTS) is 1. The number of ether oxygens (including phenoxy) is 1. The zero-order valence-electron chi connectivity index (χ0n) is 9.67. The maximum atomic E-state index is 11.1. The van der Waals surface area contributed by atoms with Crippen molar-refractivity contribution < 1.29 is 14.6 Å². The quantitative estimate of drug-likeness (QED) is 0.788. The Morgan fingerprint density at radius 3 is 3.00 bits per heavy atom. The van der Waals surface area contributed by atoms with E-state index in [1.807, 2.05) is 4.90 Å². The van der Waals surface area contributed by atoms with Crippen LogP contribution in [0.15, 0.2) is 12.3 Å². The van der Waals surface area contributed by atoms with Gasteiger partial charge in [-0.3, -0.25) is 0 Å². The summed E-state index contributed by atoms with van der Waals surface area (Å²) in [6.07, 6.45) is 3.53. The zero-order valence-corrected chi connectivity index (χ0v) is 9.67. The molecule has 1 aliphatic rings. The van der Waals surface area contributed by atoms with E-state index in [2.05, 4.69) is 10.2 Å². The first-order valence-corrected chi connectivity index (χ1v) is 5.54. The summed E-state index contributed by atoms with van der Waals surface area (Å²) in [7, 11) is 1.62. The van der Waals surface area contributed by atoms with E-state index in [0.717, 1.165) is 12.8 Å². The molecule has 2 rings (SSSR count). The van der Waals surface area contributed by atoms with E-state index in [1.165, 1.54) is 12.3 Å². The molecule has 0 amide bonds. The molecule has 92 valence electrons. The monoisotopic (exact) mass is 237 g/mol. The van der Waals surface area contributed by atoms with Gasteiger partial charge in [-0.15, -0.1) is 5.10 Å². The van der Waals surface area contributed by atoms with Gasteiger partial charge in [0.2, 0.25) is 0 Å². The molecule has 1 heterocycles. The number of aromatic nitrogens is 2. The first-order valence-electron chi connectivity index (χ1n) is 5.54. The minimum atomic E-state index is -0.974. The van der Waals surface area contributed by atoms with E-state index >= 15 is 0 Å². The third-order valence-electron chi connectivity index (χ3n) is 2.73. The fourth-order valence-electron chi connectivity index (χ4n) is 1.74. The molecule has 17 heavy (non-hydrogen) atoms. The lowest BCUT2D eigenvalue weighted by atomic mass is 10.2. The molecule has 0 bridgehead atoms. The molecule has 6 heteroatoms. The molecule has 1 fully saturated rings. The second-order valence-electron chi connectivity index (χ2n) is 3.99. The summed E-state index contributed by atoms with van der Waals surface area (Å²) in [6.45, 7) is 1.19. The van der Waals surface area contributed by atoms with E-state index in [9.17, 15) is 4.79 Å². The van der Waals surface area contributed by atoms with Gasteiger partial charge in [-0.25, -0.2) is 4.79 Å². The number of hydrogen-bond donors (Lipinski definition) is 1. The van der Waals surface area contributed by atoms with Crippen molar-refractivity contribution in [1.29, 1.82) is 0 Å². The maximum Gasteiger partial charge on any atom is 0.339 e. The van der Waals surface area contributed by atoms with E-state index < -0.39 is 5.97 Å². The molecular formula is C11H15N3O3. The van der Waals surface area contributed by atoms with Crippen molar-refractivity contribution in [3.63, 3.8) is 0 Å². The van der Waals surface area contributed by atoms with Gasteiger partial charge in [0, 0.05) is 19.7 Å². The van der Waals surface area contributed by atoms with Gasteiger partial charge in [0.15, 0.2) is 5.82 Å². The number of anilines is 1. The highest BCUT2D eigenvalue weighted by atomic mass is 16.5. The van der Waals surface area contributed by atoms with E-state index in [-0.39, 0.29) is 5.56 Å². The van der Waals surface area contributed by atoms with E-state index in [0.29, 0.717) is 25.0 Å². The SMILES string of the molecule is COCCN(c1nnccc1C(=O)O)C1CC1.